The molecule has 0 aliphatic carbocycles. The molecule has 2 unspecified atom stereocenters. The fraction of sp³-hybridized carbons (Fsp3) is 0.409. The van der Waals surface area contributed by atoms with Gasteiger partial charge in [-0.2, -0.15) is 0 Å². The van der Waals surface area contributed by atoms with Crippen molar-refractivity contribution in [1.29, 1.82) is 0 Å². The highest BCUT2D eigenvalue weighted by molar-refractivity contribution is 7.45. The van der Waals surface area contributed by atoms with Crippen LogP contribution < -0.4 is 21.1 Å². The van der Waals surface area contributed by atoms with Crippen molar-refractivity contribution in [3.05, 3.63) is 57.0 Å². The first-order valence-corrected chi connectivity index (χ1v) is 13.0. The highest BCUT2D eigenvalue weighted by Gasteiger charge is 2.52. The largest absolute Gasteiger partial charge is 0.502 e. The minimum atomic E-state index is -2.25. The Hall–Kier alpha value is -2.55. The molecule has 0 saturated carbocycles. The van der Waals surface area contributed by atoms with E-state index in [-0.39, 0.29) is 37.1 Å². The highest BCUT2D eigenvalue weighted by Crippen LogP contribution is 2.37. The van der Waals surface area contributed by atoms with Gasteiger partial charge in [0, 0.05) is 38.9 Å². The summed E-state index contributed by atoms with van der Waals surface area (Å²) < 4.78 is 6.89. The summed E-state index contributed by atoms with van der Waals surface area (Å²) in [4.78, 5) is 59.5. The maximum Gasteiger partial charge on any atom is 0.278 e. The third-order valence-electron chi connectivity index (χ3n) is 6.53. The van der Waals surface area contributed by atoms with E-state index >= 15 is 0 Å². The van der Waals surface area contributed by atoms with Crippen LogP contribution in [0, 0.1) is 6.92 Å². The van der Waals surface area contributed by atoms with E-state index in [9.17, 15) is 29.3 Å². The Morgan fingerprint density at radius 1 is 1.31 bits per heavy atom. The van der Waals surface area contributed by atoms with E-state index < -0.39 is 37.0 Å². The fourth-order valence-electron chi connectivity index (χ4n) is 4.54. The Labute approximate surface area is 205 Å². The molecule has 2 aromatic rings. The SMILES string of the molecule is Cc1ccc(CNC(=O)c2cn3c(c(O)c2=O)C(=O)N(CCP(O)O)C2(CCOC2)N3C)c(P)c1. The number of nitrogens with zero attached hydrogens (tertiary/aromatic N) is 3. The lowest BCUT2D eigenvalue weighted by molar-refractivity contribution is 0.0246. The first kappa shape index (κ1) is 25.5. The van der Waals surface area contributed by atoms with Crippen molar-refractivity contribution in [2.75, 3.05) is 38.0 Å². The summed E-state index contributed by atoms with van der Waals surface area (Å²) in [5.41, 5.74) is -0.604. The molecule has 0 bridgehead atoms. The van der Waals surface area contributed by atoms with Gasteiger partial charge in [-0.25, -0.2) is 0 Å². The zero-order valence-electron chi connectivity index (χ0n) is 19.4. The molecule has 1 saturated heterocycles. The number of amides is 2. The van der Waals surface area contributed by atoms with E-state index in [0.717, 1.165) is 16.4 Å². The number of aromatic nitrogens is 1. The number of pyridine rings is 1. The number of carbonyl (C=O) groups is 2. The van der Waals surface area contributed by atoms with Gasteiger partial charge in [-0.1, -0.05) is 23.8 Å². The number of likely N-dealkylation sites (N-methyl/N-ethyl adjacent to an activating group) is 1. The van der Waals surface area contributed by atoms with Crippen LogP contribution in [0.15, 0.2) is 29.2 Å². The highest BCUT2D eigenvalue weighted by atomic mass is 31.2. The van der Waals surface area contributed by atoms with Gasteiger partial charge in [0.25, 0.3) is 11.8 Å². The van der Waals surface area contributed by atoms with E-state index in [0.29, 0.717) is 13.0 Å². The second-order valence-electron chi connectivity index (χ2n) is 8.66. The number of fused-ring (bicyclic) bond motifs is 1. The number of aromatic hydroxyl groups is 1. The zero-order valence-corrected chi connectivity index (χ0v) is 21.4. The molecule has 1 aromatic carbocycles. The van der Waals surface area contributed by atoms with Crippen molar-refractivity contribution in [2.45, 2.75) is 25.6 Å². The van der Waals surface area contributed by atoms with Crippen LogP contribution in [0.25, 0.3) is 0 Å². The van der Waals surface area contributed by atoms with Crippen LogP contribution in [0.1, 0.15) is 38.4 Å². The lowest BCUT2D eigenvalue weighted by Gasteiger charge is -2.51. The van der Waals surface area contributed by atoms with Gasteiger partial charge in [0.2, 0.25) is 5.43 Å². The normalized spacial score (nSPS) is 19.5. The van der Waals surface area contributed by atoms with Crippen molar-refractivity contribution in [3.63, 3.8) is 0 Å². The van der Waals surface area contributed by atoms with Gasteiger partial charge < -0.3 is 29.8 Å². The molecule has 35 heavy (non-hydrogen) atoms. The van der Waals surface area contributed by atoms with Crippen molar-refractivity contribution in [2.24, 2.45) is 0 Å². The van der Waals surface area contributed by atoms with Crippen LogP contribution in [0.2, 0.25) is 0 Å². The van der Waals surface area contributed by atoms with Crippen molar-refractivity contribution in [3.8, 4) is 5.75 Å². The maximum absolute atomic E-state index is 13.4. The van der Waals surface area contributed by atoms with Crippen LogP contribution >= 0.6 is 17.6 Å². The smallest absolute Gasteiger partial charge is 0.278 e. The van der Waals surface area contributed by atoms with Crippen LogP contribution in [-0.2, 0) is 11.3 Å². The molecule has 13 heteroatoms. The fourth-order valence-corrected chi connectivity index (χ4v) is 5.38. The lowest BCUT2D eigenvalue weighted by atomic mass is 10.0. The predicted molar refractivity (Wildman–Crippen MR) is 134 cm³/mol. The molecular formula is C22H28N4O7P2. The molecule has 2 atom stereocenters. The van der Waals surface area contributed by atoms with Crippen molar-refractivity contribution >= 4 is 34.7 Å². The van der Waals surface area contributed by atoms with Crippen molar-refractivity contribution in [1.82, 2.24) is 14.9 Å². The zero-order chi connectivity index (χ0) is 25.5. The number of nitrogens with one attached hydrogen (secondary N) is 1. The van der Waals surface area contributed by atoms with Crippen molar-refractivity contribution < 1.29 is 29.2 Å². The number of benzene rings is 1. The van der Waals surface area contributed by atoms with Crippen LogP contribution in [-0.4, -0.2) is 74.9 Å². The van der Waals surface area contributed by atoms with Gasteiger partial charge in [-0.3, -0.25) is 24.1 Å². The molecule has 3 heterocycles. The van der Waals surface area contributed by atoms with Gasteiger partial charge in [0.1, 0.15) is 5.56 Å². The molecule has 4 rings (SSSR count). The Morgan fingerprint density at radius 2 is 2.06 bits per heavy atom. The number of carbonyl (C=O) groups excluding carboxylic acids is 2. The first-order valence-electron chi connectivity index (χ1n) is 11.0. The first-order chi connectivity index (χ1) is 16.6. The lowest BCUT2D eigenvalue weighted by Crippen LogP contribution is -2.70. The molecule has 188 valence electrons. The van der Waals surface area contributed by atoms with Crippen LogP contribution in [0.5, 0.6) is 5.75 Å². The van der Waals surface area contributed by atoms with Crippen LogP contribution in [0.4, 0.5) is 0 Å². The summed E-state index contributed by atoms with van der Waals surface area (Å²) in [7, 11) is 2.02. The Morgan fingerprint density at radius 3 is 2.69 bits per heavy atom. The third-order valence-corrected chi connectivity index (χ3v) is 7.67. The molecule has 11 nitrogen and oxygen atoms in total. The molecule has 2 aliphatic heterocycles. The molecule has 4 N–H and O–H groups in total. The number of rotatable bonds is 6. The summed E-state index contributed by atoms with van der Waals surface area (Å²) in [6.45, 7) is 2.63. The van der Waals surface area contributed by atoms with Gasteiger partial charge in [-0.05, 0) is 17.8 Å². The van der Waals surface area contributed by atoms with Gasteiger partial charge in [0.15, 0.2) is 25.5 Å². The minimum Gasteiger partial charge on any atom is -0.502 e. The summed E-state index contributed by atoms with van der Waals surface area (Å²) in [5.74, 6) is -2.18. The number of ether oxygens (including phenoxy) is 1. The van der Waals surface area contributed by atoms with Crippen LogP contribution in [0.3, 0.4) is 0 Å². The predicted octanol–water partition coefficient (Wildman–Crippen LogP) is -0.271. The Bertz CT molecular complexity index is 1230. The molecule has 2 aliphatic rings. The average molecular weight is 522 g/mol. The van der Waals surface area contributed by atoms with E-state index in [4.69, 9.17) is 4.74 Å². The number of hydrogen-bond donors (Lipinski definition) is 4. The summed E-state index contributed by atoms with van der Waals surface area (Å²) in [6.07, 6.45) is 1.62. The summed E-state index contributed by atoms with van der Waals surface area (Å²) >= 11 is 0. The topological polar surface area (TPSA) is 145 Å². The molecule has 1 aromatic heterocycles. The molecule has 1 fully saturated rings. The Balaban J connectivity index is 1.70. The maximum atomic E-state index is 13.4. The molecule has 2 amide bonds. The minimum absolute atomic E-state index is 0.00494. The second-order valence-corrected chi connectivity index (χ2v) is 10.5. The van der Waals surface area contributed by atoms with Gasteiger partial charge in [0.05, 0.1) is 13.2 Å². The number of hydrogen-bond acceptors (Lipinski definition) is 8. The van der Waals surface area contributed by atoms with E-state index in [1.54, 1.807) is 12.1 Å². The van der Waals surface area contributed by atoms with E-state index in [1.165, 1.54) is 15.8 Å². The standard InChI is InChI=1S/C22H28N4O7P2/c1-13-3-4-14(16(34)9-13)10-23-20(29)15-11-26-17(19(28)18(15)27)21(30)25(6-8-35(31)32)22(24(26)2)5-7-33-12-22/h3-4,9,11,28,31-32H,5-8,10,12,34H2,1-2H3,(H,23,29). The van der Waals surface area contributed by atoms with E-state index in [1.807, 2.05) is 25.1 Å². The Kier molecular flexibility index (Phi) is 7.18. The van der Waals surface area contributed by atoms with Gasteiger partial charge in [-0.15, -0.1) is 9.24 Å². The molecular weight excluding hydrogens is 494 g/mol. The average Bonchev–Trinajstić information content (AvgIpc) is 3.29. The van der Waals surface area contributed by atoms with Gasteiger partial charge >= 0.3 is 0 Å². The second kappa shape index (κ2) is 9.84. The van der Waals surface area contributed by atoms with E-state index in [2.05, 4.69) is 14.6 Å². The number of aryl methyl sites for hydroxylation is 1. The third kappa shape index (κ3) is 4.55. The molecule has 0 radical (unpaired) electrons. The quantitative estimate of drug-likeness (QED) is 0.380. The molecule has 1 spiro atoms. The summed E-state index contributed by atoms with van der Waals surface area (Å²) in [6, 6.07) is 5.75. The summed E-state index contributed by atoms with van der Waals surface area (Å²) in [5, 5.41) is 16.0. The monoisotopic (exact) mass is 522 g/mol.